The summed E-state index contributed by atoms with van der Waals surface area (Å²) in [7, 11) is 0. The molecule has 0 spiro atoms. The average molecular weight is 473 g/mol. The highest BCUT2D eigenvalue weighted by Crippen LogP contribution is 2.70. The zero-order chi connectivity index (χ0) is 23.7. The number of hydrogen-bond donors (Lipinski definition) is 3. The van der Waals surface area contributed by atoms with Gasteiger partial charge < -0.3 is 20.3 Å². The number of nitrogens with zero attached hydrogens (tertiary/aromatic N) is 1. The van der Waals surface area contributed by atoms with Crippen LogP contribution in [0.15, 0.2) is 11.6 Å². The predicted octanol–water partition coefficient (Wildman–Crippen LogP) is 2.88. The number of piperazine rings is 1. The highest BCUT2D eigenvalue weighted by Gasteiger charge is 2.67. The van der Waals surface area contributed by atoms with Crippen molar-refractivity contribution in [2.75, 3.05) is 32.8 Å². The normalized spacial score (nSPS) is 51.3. The van der Waals surface area contributed by atoms with Crippen molar-refractivity contribution in [3.05, 3.63) is 11.6 Å². The van der Waals surface area contributed by atoms with Crippen LogP contribution in [0.25, 0.3) is 0 Å². The van der Waals surface area contributed by atoms with Gasteiger partial charge in [-0.1, -0.05) is 13.8 Å². The summed E-state index contributed by atoms with van der Waals surface area (Å²) in [5.74, 6) is 1.79. The van der Waals surface area contributed by atoms with Crippen molar-refractivity contribution in [1.82, 2.24) is 10.2 Å². The summed E-state index contributed by atoms with van der Waals surface area (Å²) in [6.07, 6.45) is 12.0. The van der Waals surface area contributed by atoms with Gasteiger partial charge in [-0.3, -0.25) is 4.90 Å². The van der Waals surface area contributed by atoms with Gasteiger partial charge in [0.1, 0.15) is 6.61 Å². The number of aliphatic hydroxyl groups excluding tert-OH is 1. The van der Waals surface area contributed by atoms with E-state index in [2.05, 4.69) is 24.1 Å². The minimum Gasteiger partial charge on any atom is -0.458 e. The van der Waals surface area contributed by atoms with Crippen LogP contribution >= 0.6 is 0 Å². The summed E-state index contributed by atoms with van der Waals surface area (Å²) >= 11 is 0. The van der Waals surface area contributed by atoms with Crippen LogP contribution in [0.1, 0.15) is 71.6 Å². The molecule has 34 heavy (non-hydrogen) atoms. The van der Waals surface area contributed by atoms with E-state index in [0.29, 0.717) is 29.9 Å². The molecule has 2 aliphatic heterocycles. The molecule has 4 saturated carbocycles. The fourth-order valence-electron chi connectivity index (χ4n) is 10.0. The Morgan fingerprint density at radius 2 is 1.97 bits per heavy atom. The molecule has 0 unspecified atom stereocenters. The number of aliphatic hydroxyl groups is 2. The van der Waals surface area contributed by atoms with Crippen molar-refractivity contribution in [3.8, 4) is 0 Å². The molecule has 0 radical (unpaired) electrons. The third kappa shape index (κ3) is 3.31. The molecule has 0 aromatic carbocycles. The van der Waals surface area contributed by atoms with Crippen molar-refractivity contribution in [2.45, 2.75) is 89.3 Å². The Labute approximate surface area is 204 Å². The van der Waals surface area contributed by atoms with E-state index < -0.39 is 5.60 Å². The molecule has 0 aromatic rings. The lowest BCUT2D eigenvalue weighted by Gasteiger charge is -2.64. The van der Waals surface area contributed by atoms with Crippen LogP contribution in [-0.2, 0) is 9.53 Å². The van der Waals surface area contributed by atoms with Crippen LogP contribution in [0.3, 0.4) is 0 Å². The topological polar surface area (TPSA) is 82.0 Å². The highest BCUT2D eigenvalue weighted by molar-refractivity contribution is 5.85. The second kappa shape index (κ2) is 8.29. The fraction of sp³-hybridized carbons (Fsp3) is 0.893. The summed E-state index contributed by atoms with van der Waals surface area (Å²) in [5.41, 5.74) is 0.684. The quantitative estimate of drug-likeness (QED) is 0.548. The van der Waals surface area contributed by atoms with Crippen molar-refractivity contribution >= 4 is 5.97 Å². The Balaban J connectivity index is 1.20. The molecule has 6 heteroatoms. The van der Waals surface area contributed by atoms with Crippen molar-refractivity contribution in [2.24, 2.45) is 34.5 Å². The second-order valence-electron chi connectivity index (χ2n) is 13.0. The fourth-order valence-corrected chi connectivity index (χ4v) is 10.0. The maximum Gasteiger partial charge on any atom is 0.331 e. The number of hydrogen-bond acceptors (Lipinski definition) is 6. The van der Waals surface area contributed by atoms with Crippen LogP contribution in [0, 0.1) is 34.5 Å². The van der Waals surface area contributed by atoms with E-state index in [9.17, 15) is 15.0 Å². The third-order valence-electron chi connectivity index (χ3n) is 12.0. The Morgan fingerprint density at radius 3 is 2.74 bits per heavy atom. The van der Waals surface area contributed by atoms with E-state index in [1.54, 1.807) is 6.08 Å². The molecule has 6 aliphatic rings. The first-order valence-electron chi connectivity index (χ1n) is 14.0. The molecule has 6 rings (SSSR count). The van der Waals surface area contributed by atoms with E-state index in [0.717, 1.165) is 56.8 Å². The summed E-state index contributed by atoms with van der Waals surface area (Å²) in [6, 6.07) is 0.861. The molecule has 0 bridgehead atoms. The molecular formula is C28H44N2O4. The van der Waals surface area contributed by atoms with E-state index >= 15 is 0 Å². The van der Waals surface area contributed by atoms with Gasteiger partial charge in [0.15, 0.2) is 0 Å². The number of ether oxygens (including phenoxy) is 1. The molecule has 6 nitrogen and oxygen atoms in total. The molecular weight excluding hydrogens is 428 g/mol. The highest BCUT2D eigenvalue weighted by atomic mass is 16.5. The number of carbonyl (C=O) groups excluding carboxylic acids is 1. The number of fused-ring (bicyclic) bond motifs is 5. The molecule has 2 heterocycles. The number of carbonyl (C=O) groups is 1. The number of nitrogens with one attached hydrogen (secondary N) is 1. The van der Waals surface area contributed by atoms with Gasteiger partial charge in [0.05, 0.1) is 12.2 Å². The SMILES string of the molecule is C[C@]12CC[C@H](N3CCN[C@H](CO)C3)C[C@H]1CC[C@@H]1[C@@H]2CC[C@]2(C)[C@@H](C3=CC(=O)OC3)CC[C@]12O. The standard InChI is InChI=1S/C28H44N2O4/c1-26-8-5-21(30-12-11-29-20(15-30)16-31)14-19(26)3-4-24-23(26)6-9-27(2)22(7-10-28(24,27)33)18-13-25(32)34-17-18/h13,19-24,29,31,33H,3-12,14-17H2,1-2H3/t19-,20+,21+,22-,23+,24-,26+,27-,28+/m1/s1. The minimum atomic E-state index is -0.620. The van der Waals surface area contributed by atoms with Crippen molar-refractivity contribution < 1.29 is 19.7 Å². The van der Waals surface area contributed by atoms with Gasteiger partial charge in [-0.05, 0) is 92.4 Å². The van der Waals surface area contributed by atoms with Crippen LogP contribution in [0.5, 0.6) is 0 Å². The van der Waals surface area contributed by atoms with Gasteiger partial charge in [0, 0.05) is 43.2 Å². The maximum absolute atomic E-state index is 12.4. The average Bonchev–Trinajstić information content (AvgIpc) is 3.38. The lowest BCUT2D eigenvalue weighted by molar-refractivity contribution is -0.206. The van der Waals surface area contributed by atoms with Gasteiger partial charge in [-0.25, -0.2) is 4.79 Å². The summed E-state index contributed by atoms with van der Waals surface area (Å²) in [5, 5.41) is 25.5. The van der Waals surface area contributed by atoms with E-state index in [1.807, 2.05) is 0 Å². The Bertz CT molecular complexity index is 861. The Morgan fingerprint density at radius 1 is 1.12 bits per heavy atom. The molecule has 0 amide bonds. The molecule has 5 fully saturated rings. The van der Waals surface area contributed by atoms with Gasteiger partial charge in [-0.2, -0.15) is 0 Å². The monoisotopic (exact) mass is 472 g/mol. The van der Waals surface area contributed by atoms with Crippen LogP contribution in [0.2, 0.25) is 0 Å². The van der Waals surface area contributed by atoms with Gasteiger partial charge in [0.2, 0.25) is 0 Å². The summed E-state index contributed by atoms with van der Waals surface area (Å²) < 4.78 is 5.27. The van der Waals surface area contributed by atoms with Crippen LogP contribution in [0.4, 0.5) is 0 Å². The molecule has 1 saturated heterocycles. The molecule has 9 atom stereocenters. The molecule has 0 aromatic heterocycles. The number of esters is 1. The first kappa shape index (κ1) is 23.4. The molecule has 4 aliphatic carbocycles. The van der Waals surface area contributed by atoms with Crippen molar-refractivity contribution in [1.29, 1.82) is 0 Å². The third-order valence-corrected chi connectivity index (χ3v) is 12.0. The Kier molecular flexibility index (Phi) is 5.72. The van der Waals surface area contributed by atoms with Crippen LogP contribution < -0.4 is 5.32 Å². The van der Waals surface area contributed by atoms with Gasteiger partial charge >= 0.3 is 5.97 Å². The van der Waals surface area contributed by atoms with Gasteiger partial charge in [0.25, 0.3) is 0 Å². The largest absolute Gasteiger partial charge is 0.458 e. The lowest BCUT2D eigenvalue weighted by atomic mass is 9.43. The van der Waals surface area contributed by atoms with E-state index in [4.69, 9.17) is 4.74 Å². The molecule has 190 valence electrons. The molecule has 3 N–H and O–H groups in total. The van der Waals surface area contributed by atoms with Crippen LogP contribution in [-0.4, -0.2) is 71.6 Å². The maximum atomic E-state index is 12.4. The zero-order valence-corrected chi connectivity index (χ0v) is 21.1. The Hall–Kier alpha value is -0.950. The van der Waals surface area contributed by atoms with Crippen molar-refractivity contribution in [3.63, 3.8) is 0 Å². The van der Waals surface area contributed by atoms with Gasteiger partial charge in [-0.15, -0.1) is 0 Å². The van der Waals surface area contributed by atoms with E-state index in [-0.39, 0.29) is 30.0 Å². The smallest absolute Gasteiger partial charge is 0.331 e. The summed E-state index contributed by atoms with van der Waals surface area (Å²) in [6.45, 7) is 8.57. The first-order chi connectivity index (χ1) is 16.3. The lowest BCUT2D eigenvalue weighted by Crippen LogP contribution is -2.63. The second-order valence-corrected chi connectivity index (χ2v) is 13.0. The number of cyclic esters (lactones) is 1. The zero-order valence-electron chi connectivity index (χ0n) is 21.1. The predicted molar refractivity (Wildman–Crippen MR) is 130 cm³/mol. The first-order valence-corrected chi connectivity index (χ1v) is 14.0. The van der Waals surface area contributed by atoms with E-state index in [1.165, 1.54) is 32.1 Å². The summed E-state index contributed by atoms with van der Waals surface area (Å²) in [4.78, 5) is 14.4. The minimum absolute atomic E-state index is 0.144. The number of rotatable bonds is 3.